The zero-order valence-electron chi connectivity index (χ0n) is 12.4. The fourth-order valence-electron chi connectivity index (χ4n) is 1.91. The molecule has 0 radical (unpaired) electrons. The maximum atomic E-state index is 10.6. The standard InChI is InChI=1S/C17H23NO/c1-6-16(18(5)17(2,3)4)15-12-8-7-10-14(15)11-9-13-19/h7-8,10,12-13H,1,9,11H2,2-5H3. The van der Waals surface area contributed by atoms with E-state index in [0.717, 1.165) is 29.5 Å². The Morgan fingerprint density at radius 1 is 1.37 bits per heavy atom. The highest BCUT2D eigenvalue weighted by molar-refractivity contribution is 5.67. The normalized spacial score (nSPS) is 10.7. The summed E-state index contributed by atoms with van der Waals surface area (Å²) in [6.45, 7) is 10.3. The van der Waals surface area contributed by atoms with Crippen molar-refractivity contribution in [1.82, 2.24) is 4.90 Å². The highest BCUT2D eigenvalue weighted by Crippen LogP contribution is 2.27. The molecule has 2 heteroatoms. The molecule has 1 aromatic carbocycles. The third-order valence-electron chi connectivity index (χ3n) is 3.31. The maximum Gasteiger partial charge on any atom is 0.120 e. The van der Waals surface area contributed by atoms with Crippen LogP contribution in [-0.4, -0.2) is 23.8 Å². The molecule has 0 bridgehead atoms. The van der Waals surface area contributed by atoms with E-state index in [-0.39, 0.29) is 5.54 Å². The first kappa shape index (κ1) is 15.3. The molecule has 2 nitrogen and oxygen atoms in total. The van der Waals surface area contributed by atoms with Gasteiger partial charge < -0.3 is 9.69 Å². The fourth-order valence-corrected chi connectivity index (χ4v) is 1.91. The Kier molecular flexibility index (Phi) is 5.14. The summed E-state index contributed by atoms with van der Waals surface area (Å²) in [6, 6.07) is 8.14. The van der Waals surface area contributed by atoms with Crippen molar-refractivity contribution in [2.24, 2.45) is 0 Å². The molecule has 0 aliphatic carbocycles. The number of aldehydes is 1. The van der Waals surface area contributed by atoms with Crippen molar-refractivity contribution >= 4 is 12.0 Å². The van der Waals surface area contributed by atoms with E-state index in [2.05, 4.69) is 50.1 Å². The van der Waals surface area contributed by atoms with Gasteiger partial charge in [-0.3, -0.25) is 0 Å². The van der Waals surface area contributed by atoms with Crippen LogP contribution >= 0.6 is 0 Å². The number of rotatable bonds is 5. The molecule has 102 valence electrons. The van der Waals surface area contributed by atoms with Crippen molar-refractivity contribution in [2.45, 2.75) is 39.2 Å². The molecule has 0 N–H and O–H groups in total. The van der Waals surface area contributed by atoms with Crippen LogP contribution in [0.3, 0.4) is 0 Å². The first-order chi connectivity index (χ1) is 8.91. The van der Waals surface area contributed by atoms with Gasteiger partial charge >= 0.3 is 0 Å². The summed E-state index contributed by atoms with van der Waals surface area (Å²) in [5.41, 5.74) is 6.30. The second kappa shape index (κ2) is 6.40. The molecule has 1 aromatic rings. The van der Waals surface area contributed by atoms with Crippen molar-refractivity contribution in [2.75, 3.05) is 7.05 Å². The molecular weight excluding hydrogens is 234 g/mol. The van der Waals surface area contributed by atoms with Crippen LogP contribution in [0.4, 0.5) is 0 Å². The van der Waals surface area contributed by atoms with Gasteiger partial charge in [0.2, 0.25) is 0 Å². The molecule has 0 aliphatic rings. The van der Waals surface area contributed by atoms with Gasteiger partial charge in [-0.05, 0) is 32.8 Å². The van der Waals surface area contributed by atoms with Gasteiger partial charge in [0, 0.05) is 24.6 Å². The molecule has 0 aromatic heterocycles. The molecule has 19 heavy (non-hydrogen) atoms. The quantitative estimate of drug-likeness (QED) is 0.592. The van der Waals surface area contributed by atoms with Crippen LogP contribution in [0.1, 0.15) is 38.3 Å². The average Bonchev–Trinajstić information content (AvgIpc) is 2.37. The van der Waals surface area contributed by atoms with E-state index in [9.17, 15) is 4.79 Å². The van der Waals surface area contributed by atoms with Crippen LogP contribution in [0.25, 0.3) is 5.70 Å². The minimum Gasteiger partial charge on any atom is -0.363 e. The first-order valence-electron chi connectivity index (χ1n) is 6.57. The van der Waals surface area contributed by atoms with Crippen molar-refractivity contribution < 1.29 is 4.79 Å². The lowest BCUT2D eigenvalue weighted by atomic mass is 9.97. The number of aryl methyl sites for hydroxylation is 1. The summed E-state index contributed by atoms with van der Waals surface area (Å²) < 4.78 is 0. The Balaban J connectivity index is 3.20. The average molecular weight is 257 g/mol. The summed E-state index contributed by atoms with van der Waals surface area (Å²) >= 11 is 0. The summed E-state index contributed by atoms with van der Waals surface area (Å²) in [6.07, 6.45) is 2.26. The minimum atomic E-state index is -0.00219. The molecule has 0 saturated carbocycles. The number of nitrogens with zero attached hydrogens (tertiary/aromatic N) is 1. The van der Waals surface area contributed by atoms with Crippen molar-refractivity contribution in [3.63, 3.8) is 0 Å². The Morgan fingerprint density at radius 3 is 2.53 bits per heavy atom. The number of benzene rings is 1. The monoisotopic (exact) mass is 257 g/mol. The Morgan fingerprint density at radius 2 is 2.00 bits per heavy atom. The summed E-state index contributed by atoms with van der Waals surface area (Å²) in [5, 5.41) is 0. The van der Waals surface area contributed by atoms with Gasteiger partial charge in [0.25, 0.3) is 0 Å². The molecule has 0 amide bonds. The lowest BCUT2D eigenvalue weighted by Crippen LogP contribution is -2.36. The highest BCUT2D eigenvalue weighted by atomic mass is 16.1. The van der Waals surface area contributed by atoms with Crippen molar-refractivity contribution in [3.05, 3.63) is 47.7 Å². The van der Waals surface area contributed by atoms with Crippen LogP contribution in [-0.2, 0) is 11.2 Å². The van der Waals surface area contributed by atoms with Crippen molar-refractivity contribution in [3.8, 4) is 0 Å². The van der Waals surface area contributed by atoms with Crippen LogP contribution in [0, 0.1) is 0 Å². The third kappa shape index (κ3) is 3.84. The predicted octanol–water partition coefficient (Wildman–Crippen LogP) is 3.67. The van der Waals surface area contributed by atoms with E-state index in [4.69, 9.17) is 0 Å². The molecule has 0 spiro atoms. The lowest BCUT2D eigenvalue weighted by molar-refractivity contribution is -0.107. The largest absolute Gasteiger partial charge is 0.363 e. The SMILES string of the molecule is C=C=C(c1ccccc1CCC=O)N(C)C(C)(C)C. The number of hydrogen-bond acceptors (Lipinski definition) is 2. The van der Waals surface area contributed by atoms with Crippen LogP contribution < -0.4 is 0 Å². The summed E-state index contributed by atoms with van der Waals surface area (Å²) in [7, 11) is 2.05. The van der Waals surface area contributed by atoms with Gasteiger partial charge in [-0.25, -0.2) is 0 Å². The molecule has 0 unspecified atom stereocenters. The zero-order chi connectivity index (χ0) is 14.5. The van der Waals surface area contributed by atoms with E-state index in [1.54, 1.807) is 0 Å². The molecule has 0 aliphatic heterocycles. The molecule has 0 atom stereocenters. The predicted molar refractivity (Wildman–Crippen MR) is 80.9 cm³/mol. The van der Waals surface area contributed by atoms with Gasteiger partial charge in [0.05, 0.1) is 5.70 Å². The maximum absolute atomic E-state index is 10.6. The van der Waals surface area contributed by atoms with E-state index >= 15 is 0 Å². The van der Waals surface area contributed by atoms with Crippen molar-refractivity contribution in [1.29, 1.82) is 0 Å². The summed E-state index contributed by atoms with van der Waals surface area (Å²) in [4.78, 5) is 12.7. The number of carbonyl (C=O) groups excluding carboxylic acids is 1. The van der Waals surface area contributed by atoms with Crippen LogP contribution in [0.5, 0.6) is 0 Å². The lowest BCUT2D eigenvalue weighted by Gasteiger charge is -2.35. The first-order valence-corrected chi connectivity index (χ1v) is 6.57. The van der Waals surface area contributed by atoms with E-state index in [0.29, 0.717) is 6.42 Å². The molecule has 0 fully saturated rings. The Labute approximate surface area is 116 Å². The number of carbonyl (C=O) groups is 1. The molecule has 1 rings (SSSR count). The second-order valence-electron chi connectivity index (χ2n) is 5.62. The van der Waals surface area contributed by atoms with E-state index < -0.39 is 0 Å². The number of hydrogen-bond donors (Lipinski definition) is 0. The topological polar surface area (TPSA) is 20.3 Å². The van der Waals surface area contributed by atoms with Crippen LogP contribution in [0.15, 0.2) is 36.6 Å². The van der Waals surface area contributed by atoms with Gasteiger partial charge in [-0.2, -0.15) is 0 Å². The smallest absolute Gasteiger partial charge is 0.120 e. The third-order valence-corrected chi connectivity index (χ3v) is 3.31. The molecule has 0 saturated heterocycles. The van der Waals surface area contributed by atoms with Gasteiger partial charge in [-0.15, -0.1) is 5.73 Å². The van der Waals surface area contributed by atoms with Gasteiger partial charge in [-0.1, -0.05) is 30.8 Å². The van der Waals surface area contributed by atoms with E-state index in [1.165, 1.54) is 0 Å². The van der Waals surface area contributed by atoms with Gasteiger partial charge in [0.15, 0.2) is 0 Å². The van der Waals surface area contributed by atoms with E-state index in [1.807, 2.05) is 19.2 Å². The molecular formula is C17H23NO. The second-order valence-corrected chi connectivity index (χ2v) is 5.62. The zero-order valence-corrected chi connectivity index (χ0v) is 12.4. The fraction of sp³-hybridized carbons (Fsp3) is 0.412. The minimum absolute atomic E-state index is 0.00219. The van der Waals surface area contributed by atoms with Gasteiger partial charge in [0.1, 0.15) is 6.29 Å². The van der Waals surface area contributed by atoms with Crippen LogP contribution in [0.2, 0.25) is 0 Å². The summed E-state index contributed by atoms with van der Waals surface area (Å²) in [5.74, 6) is 0. The Bertz CT molecular complexity index is 490. The Hall–Kier alpha value is -1.79. The molecule has 0 heterocycles. The highest BCUT2D eigenvalue weighted by Gasteiger charge is 2.21.